The Hall–Kier alpha value is -1.21. The van der Waals surface area contributed by atoms with Gasteiger partial charge in [-0.1, -0.05) is 0 Å². The Morgan fingerprint density at radius 2 is 2.11 bits per heavy atom. The van der Waals surface area contributed by atoms with Gasteiger partial charge in [0, 0.05) is 25.2 Å². The summed E-state index contributed by atoms with van der Waals surface area (Å²) in [4.78, 5) is 12.1. The third kappa shape index (κ3) is 4.14. The quantitative estimate of drug-likeness (QED) is 0.663. The number of hydrogen-bond acceptors (Lipinski definition) is 4. The lowest BCUT2D eigenvalue weighted by atomic mass is 10.1. The van der Waals surface area contributed by atoms with Crippen LogP contribution in [0.3, 0.4) is 0 Å². The Labute approximate surface area is 119 Å². The molecule has 0 aromatic heterocycles. The molecule has 0 saturated carbocycles. The van der Waals surface area contributed by atoms with Crippen LogP contribution in [0.2, 0.25) is 0 Å². The molecule has 1 aromatic carbocycles. The molecule has 1 N–H and O–H groups in total. The summed E-state index contributed by atoms with van der Waals surface area (Å²) in [5.41, 5.74) is -1.07. The highest BCUT2D eigenvalue weighted by atomic mass is 79.9. The molecule has 0 fully saturated rings. The topological polar surface area (TPSA) is 66.6 Å². The van der Waals surface area contributed by atoms with Crippen LogP contribution < -0.4 is 4.90 Å². The van der Waals surface area contributed by atoms with Crippen LogP contribution >= 0.6 is 15.9 Å². The van der Waals surface area contributed by atoms with E-state index in [1.54, 1.807) is 25.7 Å². The van der Waals surface area contributed by atoms with E-state index < -0.39 is 16.3 Å². The lowest BCUT2D eigenvalue weighted by Gasteiger charge is -2.29. The fraction of sp³-hybridized carbons (Fsp3) is 0.500. The van der Waals surface area contributed by atoms with Gasteiger partial charge >= 0.3 is 0 Å². The molecule has 106 valence electrons. The maximum Gasteiger partial charge on any atom is 0.293 e. The standard InChI is InChI=1S/C12H16BrFN2O3/c1-4-15(7-12(2,3)17)10-6-9(14)8(13)5-11(10)16(18)19/h5-6,17H,4,7H2,1-3H3. The van der Waals surface area contributed by atoms with Gasteiger partial charge in [0.15, 0.2) is 0 Å². The summed E-state index contributed by atoms with van der Waals surface area (Å²) in [6, 6.07) is 2.25. The summed E-state index contributed by atoms with van der Waals surface area (Å²) >= 11 is 2.93. The van der Waals surface area contributed by atoms with E-state index in [0.717, 1.165) is 12.1 Å². The average molecular weight is 335 g/mol. The maximum absolute atomic E-state index is 13.6. The molecule has 0 atom stereocenters. The third-order valence-electron chi connectivity index (χ3n) is 2.51. The lowest BCUT2D eigenvalue weighted by Crippen LogP contribution is -2.39. The van der Waals surface area contributed by atoms with Gasteiger partial charge in [0.1, 0.15) is 11.5 Å². The van der Waals surface area contributed by atoms with E-state index in [1.807, 2.05) is 0 Å². The zero-order chi connectivity index (χ0) is 14.8. The zero-order valence-electron chi connectivity index (χ0n) is 11.0. The Kier molecular flexibility index (Phi) is 4.86. The highest BCUT2D eigenvalue weighted by Gasteiger charge is 2.25. The summed E-state index contributed by atoms with van der Waals surface area (Å²) in [7, 11) is 0. The Balaban J connectivity index is 3.29. The summed E-state index contributed by atoms with van der Waals surface area (Å²) in [6.07, 6.45) is 0. The number of nitro benzene ring substituents is 1. The van der Waals surface area contributed by atoms with Crippen LogP contribution in [-0.2, 0) is 0 Å². The summed E-state index contributed by atoms with van der Waals surface area (Å²) in [5.74, 6) is -0.574. The number of nitrogens with zero attached hydrogens (tertiary/aromatic N) is 2. The van der Waals surface area contributed by atoms with Crippen LogP contribution in [0.15, 0.2) is 16.6 Å². The Bertz CT molecular complexity index is 489. The number of benzene rings is 1. The van der Waals surface area contributed by atoms with Crippen LogP contribution in [0.25, 0.3) is 0 Å². The molecule has 0 amide bonds. The van der Waals surface area contributed by atoms with Crippen LogP contribution in [0.1, 0.15) is 20.8 Å². The van der Waals surface area contributed by atoms with E-state index in [4.69, 9.17) is 0 Å². The van der Waals surface area contributed by atoms with Gasteiger partial charge < -0.3 is 10.0 Å². The first kappa shape index (κ1) is 15.8. The smallest absolute Gasteiger partial charge is 0.293 e. The molecule has 19 heavy (non-hydrogen) atoms. The number of hydrogen-bond donors (Lipinski definition) is 1. The number of rotatable bonds is 5. The van der Waals surface area contributed by atoms with Gasteiger partial charge in [-0.25, -0.2) is 4.39 Å². The molecule has 0 aliphatic carbocycles. The molecule has 1 aromatic rings. The minimum absolute atomic E-state index is 0.0438. The van der Waals surface area contributed by atoms with Crippen molar-refractivity contribution in [2.24, 2.45) is 0 Å². The fourth-order valence-electron chi connectivity index (χ4n) is 1.76. The number of halogens is 2. The zero-order valence-corrected chi connectivity index (χ0v) is 12.6. The number of likely N-dealkylation sites (N-methyl/N-ethyl adjacent to an activating group) is 1. The lowest BCUT2D eigenvalue weighted by molar-refractivity contribution is -0.384. The normalized spacial score (nSPS) is 11.5. The summed E-state index contributed by atoms with van der Waals surface area (Å²) in [6.45, 7) is 5.57. The van der Waals surface area contributed by atoms with Crippen molar-refractivity contribution in [2.45, 2.75) is 26.4 Å². The number of nitro groups is 1. The fourth-order valence-corrected chi connectivity index (χ4v) is 2.09. The second kappa shape index (κ2) is 5.83. The molecule has 0 unspecified atom stereocenters. The molecule has 0 spiro atoms. The van der Waals surface area contributed by atoms with E-state index in [9.17, 15) is 19.6 Å². The van der Waals surface area contributed by atoms with Gasteiger partial charge in [-0.05, 0) is 36.7 Å². The highest BCUT2D eigenvalue weighted by molar-refractivity contribution is 9.10. The van der Waals surface area contributed by atoms with Crippen LogP contribution in [-0.4, -0.2) is 28.7 Å². The highest BCUT2D eigenvalue weighted by Crippen LogP contribution is 2.33. The molecular weight excluding hydrogens is 319 g/mol. The van der Waals surface area contributed by atoms with Crippen LogP contribution in [0.5, 0.6) is 0 Å². The first-order valence-electron chi connectivity index (χ1n) is 5.76. The molecule has 0 bridgehead atoms. The Morgan fingerprint density at radius 1 is 1.53 bits per heavy atom. The van der Waals surface area contributed by atoms with Gasteiger partial charge in [0.2, 0.25) is 0 Å². The van der Waals surface area contributed by atoms with E-state index in [-0.39, 0.29) is 22.4 Å². The van der Waals surface area contributed by atoms with Gasteiger partial charge in [-0.2, -0.15) is 0 Å². The summed E-state index contributed by atoms with van der Waals surface area (Å²) < 4.78 is 13.6. The minimum atomic E-state index is -1.03. The Morgan fingerprint density at radius 3 is 2.53 bits per heavy atom. The van der Waals surface area contributed by atoms with E-state index in [2.05, 4.69) is 15.9 Å². The monoisotopic (exact) mass is 334 g/mol. The van der Waals surface area contributed by atoms with Crippen LogP contribution in [0.4, 0.5) is 15.8 Å². The third-order valence-corrected chi connectivity index (χ3v) is 3.12. The van der Waals surface area contributed by atoms with Gasteiger partial charge in [-0.3, -0.25) is 10.1 Å². The first-order chi connectivity index (χ1) is 8.65. The van der Waals surface area contributed by atoms with Crippen molar-refractivity contribution in [3.8, 4) is 0 Å². The van der Waals surface area contributed by atoms with E-state index >= 15 is 0 Å². The van der Waals surface area contributed by atoms with Gasteiger partial charge in [0.25, 0.3) is 5.69 Å². The maximum atomic E-state index is 13.6. The number of aliphatic hydroxyl groups is 1. The minimum Gasteiger partial charge on any atom is -0.389 e. The average Bonchev–Trinajstić information content (AvgIpc) is 2.27. The number of anilines is 1. The molecule has 7 heteroatoms. The predicted molar refractivity (Wildman–Crippen MR) is 74.9 cm³/mol. The second-order valence-corrected chi connectivity index (χ2v) is 5.69. The first-order valence-corrected chi connectivity index (χ1v) is 6.55. The molecule has 0 aliphatic rings. The van der Waals surface area contributed by atoms with Gasteiger partial charge in [0.05, 0.1) is 15.0 Å². The van der Waals surface area contributed by atoms with Crippen molar-refractivity contribution in [1.82, 2.24) is 0 Å². The van der Waals surface area contributed by atoms with Crippen molar-refractivity contribution in [1.29, 1.82) is 0 Å². The van der Waals surface area contributed by atoms with Crippen molar-refractivity contribution < 1.29 is 14.4 Å². The van der Waals surface area contributed by atoms with Crippen molar-refractivity contribution in [2.75, 3.05) is 18.0 Å². The molecule has 5 nitrogen and oxygen atoms in total. The van der Waals surface area contributed by atoms with E-state index in [0.29, 0.717) is 6.54 Å². The van der Waals surface area contributed by atoms with E-state index in [1.165, 1.54) is 0 Å². The van der Waals surface area contributed by atoms with Gasteiger partial charge in [-0.15, -0.1) is 0 Å². The van der Waals surface area contributed by atoms with Crippen LogP contribution in [0, 0.1) is 15.9 Å². The van der Waals surface area contributed by atoms with Crippen molar-refractivity contribution in [3.63, 3.8) is 0 Å². The molecule has 1 rings (SSSR count). The molecule has 0 heterocycles. The molecular formula is C12H16BrFN2O3. The molecule has 0 aliphatic heterocycles. The largest absolute Gasteiger partial charge is 0.389 e. The second-order valence-electron chi connectivity index (χ2n) is 4.84. The molecule has 0 radical (unpaired) electrons. The van der Waals surface area contributed by atoms with Crippen molar-refractivity contribution in [3.05, 3.63) is 32.5 Å². The SMILES string of the molecule is CCN(CC(C)(C)O)c1cc(F)c(Br)cc1[N+](=O)[O-]. The molecule has 0 saturated heterocycles. The van der Waals surface area contributed by atoms with Crippen molar-refractivity contribution >= 4 is 27.3 Å². The summed E-state index contributed by atoms with van der Waals surface area (Å²) in [5, 5.41) is 20.9. The predicted octanol–water partition coefficient (Wildman–Crippen LogP) is 3.09.